The topological polar surface area (TPSA) is 45.0 Å². The second-order valence-electron chi connectivity index (χ2n) is 3.54. The smallest absolute Gasteiger partial charge is 0.121 e. The highest BCUT2D eigenvalue weighted by Crippen LogP contribution is 2.17. The summed E-state index contributed by atoms with van der Waals surface area (Å²) in [6, 6.07) is 9.68. The molecular formula is C13H18N2O. The minimum Gasteiger partial charge on any atom is -0.494 e. The number of ether oxygens (including phenoxy) is 1. The lowest BCUT2D eigenvalue weighted by atomic mass is 10.1. The summed E-state index contributed by atoms with van der Waals surface area (Å²) in [7, 11) is 0. The minimum absolute atomic E-state index is 0.231. The van der Waals surface area contributed by atoms with E-state index in [2.05, 4.69) is 18.3 Å². The third-order valence-electron chi connectivity index (χ3n) is 2.22. The molecule has 0 bridgehead atoms. The summed E-state index contributed by atoms with van der Waals surface area (Å²) >= 11 is 0. The lowest BCUT2D eigenvalue weighted by Crippen LogP contribution is -2.18. The summed E-state index contributed by atoms with van der Waals surface area (Å²) in [6.45, 7) is 5.58. The van der Waals surface area contributed by atoms with Gasteiger partial charge in [-0.2, -0.15) is 5.26 Å². The molecule has 86 valence electrons. The largest absolute Gasteiger partial charge is 0.494 e. The van der Waals surface area contributed by atoms with Crippen LogP contribution >= 0.6 is 0 Å². The molecule has 1 aromatic rings. The van der Waals surface area contributed by atoms with E-state index < -0.39 is 0 Å². The molecule has 0 fully saturated rings. The van der Waals surface area contributed by atoms with Gasteiger partial charge in [0.1, 0.15) is 11.8 Å². The molecule has 0 aliphatic rings. The highest BCUT2D eigenvalue weighted by atomic mass is 16.5. The number of rotatable bonds is 6. The van der Waals surface area contributed by atoms with Crippen molar-refractivity contribution < 1.29 is 4.74 Å². The van der Waals surface area contributed by atoms with Crippen molar-refractivity contribution in [3.63, 3.8) is 0 Å². The average molecular weight is 218 g/mol. The number of hydrogen-bond acceptors (Lipinski definition) is 3. The summed E-state index contributed by atoms with van der Waals surface area (Å²) in [5.74, 6) is 0.860. The van der Waals surface area contributed by atoms with Crippen molar-refractivity contribution >= 4 is 0 Å². The van der Waals surface area contributed by atoms with Crippen LogP contribution in [0, 0.1) is 11.3 Å². The molecule has 0 aliphatic heterocycles. The van der Waals surface area contributed by atoms with Crippen molar-refractivity contribution in [2.24, 2.45) is 0 Å². The van der Waals surface area contributed by atoms with Crippen molar-refractivity contribution in [1.29, 1.82) is 5.26 Å². The Morgan fingerprint density at radius 2 is 2.00 bits per heavy atom. The van der Waals surface area contributed by atoms with Gasteiger partial charge in [-0.25, -0.2) is 0 Å². The molecule has 1 rings (SSSR count). The van der Waals surface area contributed by atoms with Gasteiger partial charge in [-0.05, 0) is 30.7 Å². The summed E-state index contributed by atoms with van der Waals surface area (Å²) in [6.07, 6.45) is 1.000. The predicted molar refractivity (Wildman–Crippen MR) is 64.3 cm³/mol. The Balaban J connectivity index is 2.66. The maximum absolute atomic E-state index is 8.98. The van der Waals surface area contributed by atoms with Crippen LogP contribution in [0.1, 0.15) is 31.9 Å². The van der Waals surface area contributed by atoms with Crippen LogP contribution in [0.2, 0.25) is 0 Å². The molecule has 1 unspecified atom stereocenters. The summed E-state index contributed by atoms with van der Waals surface area (Å²) < 4.78 is 5.48. The summed E-state index contributed by atoms with van der Waals surface area (Å²) in [5.41, 5.74) is 0.980. The van der Waals surface area contributed by atoms with E-state index in [0.29, 0.717) is 0 Å². The fourth-order valence-corrected chi connectivity index (χ4v) is 1.42. The Morgan fingerprint density at radius 1 is 1.31 bits per heavy atom. The highest BCUT2D eigenvalue weighted by molar-refractivity contribution is 5.31. The van der Waals surface area contributed by atoms with Gasteiger partial charge >= 0.3 is 0 Å². The second kappa shape index (κ2) is 6.86. The molecular weight excluding hydrogens is 200 g/mol. The Bertz CT molecular complexity index is 340. The molecule has 0 saturated heterocycles. The molecule has 3 heteroatoms. The number of nitrogens with one attached hydrogen (secondary N) is 1. The predicted octanol–water partition coefficient (Wildman–Crippen LogP) is 2.65. The molecule has 16 heavy (non-hydrogen) atoms. The molecule has 3 nitrogen and oxygen atoms in total. The van der Waals surface area contributed by atoms with E-state index in [9.17, 15) is 0 Å². The van der Waals surface area contributed by atoms with Crippen molar-refractivity contribution in [1.82, 2.24) is 5.32 Å². The molecule has 0 radical (unpaired) electrons. The monoisotopic (exact) mass is 218 g/mol. The molecule has 0 saturated carbocycles. The van der Waals surface area contributed by atoms with Crippen LogP contribution in [0.25, 0.3) is 0 Å². The maximum Gasteiger partial charge on any atom is 0.121 e. The third-order valence-corrected chi connectivity index (χ3v) is 2.22. The van der Waals surface area contributed by atoms with Crippen LogP contribution in [0.15, 0.2) is 24.3 Å². The van der Waals surface area contributed by atoms with Gasteiger partial charge in [0.15, 0.2) is 0 Å². The first kappa shape index (κ1) is 12.5. The fourth-order valence-electron chi connectivity index (χ4n) is 1.42. The zero-order valence-corrected chi connectivity index (χ0v) is 9.86. The van der Waals surface area contributed by atoms with Gasteiger partial charge in [0.25, 0.3) is 0 Å². The second-order valence-corrected chi connectivity index (χ2v) is 3.54. The average Bonchev–Trinajstić information content (AvgIpc) is 2.34. The van der Waals surface area contributed by atoms with Crippen LogP contribution in [-0.4, -0.2) is 13.2 Å². The summed E-state index contributed by atoms with van der Waals surface area (Å²) in [5, 5.41) is 12.1. The molecule has 1 atom stereocenters. The van der Waals surface area contributed by atoms with Crippen LogP contribution in [-0.2, 0) is 0 Å². The molecule has 0 aliphatic carbocycles. The molecule has 0 amide bonds. The first-order chi connectivity index (χ1) is 7.81. The van der Waals surface area contributed by atoms with Gasteiger partial charge in [0, 0.05) is 0 Å². The Labute approximate surface area is 97.0 Å². The zero-order chi connectivity index (χ0) is 11.8. The standard InChI is InChI=1S/C13H18N2O/c1-3-9-16-12-7-5-11(6-8-12)13(10-14)15-4-2/h5-8,13,15H,3-4,9H2,1-2H3. The number of benzene rings is 1. The van der Waals surface area contributed by atoms with E-state index in [1.54, 1.807) is 0 Å². The fraction of sp³-hybridized carbons (Fsp3) is 0.462. The van der Waals surface area contributed by atoms with Crippen molar-refractivity contribution in [3.8, 4) is 11.8 Å². The SMILES string of the molecule is CCCOc1ccc(C(C#N)NCC)cc1. The van der Waals surface area contributed by atoms with E-state index in [-0.39, 0.29) is 6.04 Å². The van der Waals surface area contributed by atoms with Crippen molar-refractivity contribution in [2.45, 2.75) is 26.3 Å². The first-order valence-corrected chi connectivity index (χ1v) is 5.67. The van der Waals surface area contributed by atoms with Gasteiger partial charge in [-0.15, -0.1) is 0 Å². The minimum atomic E-state index is -0.231. The van der Waals surface area contributed by atoms with Gasteiger partial charge < -0.3 is 4.74 Å². The number of hydrogen-bond donors (Lipinski definition) is 1. The quantitative estimate of drug-likeness (QED) is 0.798. The number of nitriles is 1. The zero-order valence-electron chi connectivity index (χ0n) is 9.86. The van der Waals surface area contributed by atoms with E-state index >= 15 is 0 Å². The summed E-state index contributed by atoms with van der Waals surface area (Å²) in [4.78, 5) is 0. The van der Waals surface area contributed by atoms with E-state index in [1.165, 1.54) is 0 Å². The Kier molecular flexibility index (Phi) is 5.38. The van der Waals surface area contributed by atoms with E-state index in [4.69, 9.17) is 10.00 Å². The molecule has 0 aromatic heterocycles. The normalized spacial score (nSPS) is 11.8. The van der Waals surface area contributed by atoms with E-state index in [0.717, 1.165) is 30.9 Å². The van der Waals surface area contributed by atoms with E-state index in [1.807, 2.05) is 31.2 Å². The van der Waals surface area contributed by atoms with Crippen molar-refractivity contribution in [2.75, 3.05) is 13.2 Å². The lowest BCUT2D eigenvalue weighted by Gasteiger charge is -2.11. The van der Waals surface area contributed by atoms with Gasteiger partial charge in [0.2, 0.25) is 0 Å². The van der Waals surface area contributed by atoms with Gasteiger partial charge in [-0.3, -0.25) is 5.32 Å². The van der Waals surface area contributed by atoms with Crippen LogP contribution in [0.4, 0.5) is 0 Å². The van der Waals surface area contributed by atoms with Gasteiger partial charge in [0.05, 0.1) is 12.7 Å². The van der Waals surface area contributed by atoms with Gasteiger partial charge in [-0.1, -0.05) is 26.0 Å². The molecule has 1 aromatic carbocycles. The number of nitrogens with zero attached hydrogens (tertiary/aromatic N) is 1. The third kappa shape index (κ3) is 3.56. The first-order valence-electron chi connectivity index (χ1n) is 5.67. The highest BCUT2D eigenvalue weighted by Gasteiger charge is 2.07. The molecule has 0 heterocycles. The van der Waals surface area contributed by atoms with Crippen molar-refractivity contribution in [3.05, 3.63) is 29.8 Å². The molecule has 1 N–H and O–H groups in total. The Hall–Kier alpha value is -1.53. The lowest BCUT2D eigenvalue weighted by molar-refractivity contribution is 0.317. The van der Waals surface area contributed by atoms with Crippen LogP contribution in [0.5, 0.6) is 5.75 Å². The van der Waals surface area contributed by atoms with Crippen LogP contribution in [0.3, 0.4) is 0 Å². The maximum atomic E-state index is 8.98. The Morgan fingerprint density at radius 3 is 2.50 bits per heavy atom. The molecule has 0 spiro atoms. The van der Waals surface area contributed by atoms with Crippen LogP contribution < -0.4 is 10.1 Å².